The van der Waals surface area contributed by atoms with Crippen molar-refractivity contribution >= 4 is 5.69 Å². The van der Waals surface area contributed by atoms with Crippen molar-refractivity contribution in [1.82, 2.24) is 14.8 Å². The van der Waals surface area contributed by atoms with E-state index in [4.69, 9.17) is 15.2 Å². The molecule has 2 heterocycles. The van der Waals surface area contributed by atoms with Gasteiger partial charge in [0.05, 0.1) is 13.2 Å². The Morgan fingerprint density at radius 1 is 1.38 bits per heavy atom. The maximum Gasteiger partial charge on any atom is 0.157 e. The van der Waals surface area contributed by atoms with Crippen LogP contribution in [-0.4, -0.2) is 34.3 Å². The molecule has 0 amide bonds. The molecule has 126 valence electrons. The number of anilines is 1. The Hall–Kier alpha value is -2.36. The topological polar surface area (TPSA) is 75.2 Å². The van der Waals surface area contributed by atoms with Crippen molar-refractivity contribution in [2.75, 3.05) is 18.9 Å². The van der Waals surface area contributed by atoms with E-state index in [-0.39, 0.29) is 6.29 Å². The number of aromatic nitrogens is 3. The van der Waals surface area contributed by atoms with Crippen molar-refractivity contribution in [1.29, 1.82) is 0 Å². The average molecular weight is 326 g/mol. The van der Waals surface area contributed by atoms with Crippen LogP contribution in [0.15, 0.2) is 30.9 Å². The highest BCUT2D eigenvalue weighted by Crippen LogP contribution is 2.15. The van der Waals surface area contributed by atoms with Crippen molar-refractivity contribution in [3.63, 3.8) is 0 Å². The second kappa shape index (κ2) is 8.48. The number of benzene rings is 1. The van der Waals surface area contributed by atoms with Crippen LogP contribution >= 0.6 is 0 Å². The second-order valence-corrected chi connectivity index (χ2v) is 5.73. The molecule has 6 heteroatoms. The van der Waals surface area contributed by atoms with E-state index < -0.39 is 0 Å². The van der Waals surface area contributed by atoms with Crippen LogP contribution in [0.1, 0.15) is 36.8 Å². The summed E-state index contributed by atoms with van der Waals surface area (Å²) in [6.45, 7) is 2.03. The average Bonchev–Trinajstić information content (AvgIpc) is 3.11. The molecular weight excluding hydrogens is 304 g/mol. The quantitative estimate of drug-likeness (QED) is 0.518. The van der Waals surface area contributed by atoms with Crippen LogP contribution in [0.5, 0.6) is 0 Å². The third-order valence-electron chi connectivity index (χ3n) is 3.82. The molecule has 1 atom stereocenters. The molecular formula is C18H22N4O2. The molecule has 1 aromatic carbocycles. The van der Waals surface area contributed by atoms with Gasteiger partial charge in [-0.3, -0.25) is 0 Å². The number of nitrogens with zero attached hydrogens (tertiary/aromatic N) is 3. The van der Waals surface area contributed by atoms with E-state index in [0.717, 1.165) is 30.6 Å². The van der Waals surface area contributed by atoms with Gasteiger partial charge >= 0.3 is 0 Å². The number of nitrogen functional groups attached to an aromatic ring is 1. The summed E-state index contributed by atoms with van der Waals surface area (Å²) in [4.78, 5) is 3.94. The molecule has 0 aliphatic carbocycles. The van der Waals surface area contributed by atoms with Crippen molar-refractivity contribution in [3.05, 3.63) is 42.0 Å². The van der Waals surface area contributed by atoms with Crippen LogP contribution in [0.2, 0.25) is 0 Å². The van der Waals surface area contributed by atoms with Gasteiger partial charge in [0, 0.05) is 24.3 Å². The lowest BCUT2D eigenvalue weighted by Crippen LogP contribution is -2.22. The predicted octanol–water partition coefficient (Wildman–Crippen LogP) is 2.19. The molecule has 3 rings (SSSR count). The standard InChI is InChI=1S/C18H22N4O2/c19-17-8-7-15(12-22-14-20-13-21-22)11-16(17)5-1-3-9-23-18-6-2-4-10-24-18/h7-8,11,13-14,18H,2-4,6,9-10,12,19H2/t18-/m0/s1. The van der Waals surface area contributed by atoms with E-state index in [9.17, 15) is 0 Å². The summed E-state index contributed by atoms with van der Waals surface area (Å²) in [5.41, 5.74) is 8.61. The van der Waals surface area contributed by atoms with E-state index in [2.05, 4.69) is 21.9 Å². The summed E-state index contributed by atoms with van der Waals surface area (Å²) in [6, 6.07) is 5.85. The van der Waals surface area contributed by atoms with E-state index in [0.29, 0.717) is 25.3 Å². The molecule has 0 radical (unpaired) electrons. The summed E-state index contributed by atoms with van der Waals surface area (Å²) in [7, 11) is 0. The molecule has 24 heavy (non-hydrogen) atoms. The van der Waals surface area contributed by atoms with E-state index in [1.165, 1.54) is 12.7 Å². The van der Waals surface area contributed by atoms with Gasteiger partial charge in [-0.1, -0.05) is 17.9 Å². The zero-order valence-electron chi connectivity index (χ0n) is 13.6. The van der Waals surface area contributed by atoms with Crippen LogP contribution in [0.3, 0.4) is 0 Å². The van der Waals surface area contributed by atoms with Crippen molar-refractivity contribution < 1.29 is 9.47 Å². The molecule has 0 bridgehead atoms. The van der Waals surface area contributed by atoms with Gasteiger partial charge in [-0.05, 0) is 37.0 Å². The summed E-state index contributed by atoms with van der Waals surface area (Å²) < 4.78 is 13.0. The van der Waals surface area contributed by atoms with Crippen molar-refractivity contribution in [2.45, 2.75) is 38.5 Å². The second-order valence-electron chi connectivity index (χ2n) is 5.73. The number of rotatable bonds is 5. The lowest BCUT2D eigenvalue weighted by atomic mass is 10.1. The van der Waals surface area contributed by atoms with Crippen molar-refractivity contribution in [2.24, 2.45) is 0 Å². The Kier molecular flexibility index (Phi) is 5.83. The minimum absolute atomic E-state index is 0.0587. The van der Waals surface area contributed by atoms with Crippen LogP contribution in [0.25, 0.3) is 0 Å². The first-order valence-corrected chi connectivity index (χ1v) is 8.24. The smallest absolute Gasteiger partial charge is 0.157 e. The van der Waals surface area contributed by atoms with Gasteiger partial charge in [-0.25, -0.2) is 9.67 Å². The Morgan fingerprint density at radius 3 is 3.12 bits per heavy atom. The number of nitrogens with two attached hydrogens (primary N) is 1. The monoisotopic (exact) mass is 326 g/mol. The Bertz CT molecular complexity index is 698. The van der Waals surface area contributed by atoms with Gasteiger partial charge in [0.15, 0.2) is 6.29 Å². The highest BCUT2D eigenvalue weighted by molar-refractivity contribution is 5.57. The van der Waals surface area contributed by atoms with Gasteiger partial charge in [0.2, 0.25) is 0 Å². The first kappa shape index (κ1) is 16.5. The van der Waals surface area contributed by atoms with E-state index in [1.54, 1.807) is 11.0 Å². The Morgan fingerprint density at radius 2 is 2.33 bits per heavy atom. The Balaban J connectivity index is 1.52. The third-order valence-corrected chi connectivity index (χ3v) is 3.82. The molecule has 2 aromatic rings. The van der Waals surface area contributed by atoms with E-state index in [1.807, 2.05) is 18.2 Å². The fourth-order valence-corrected chi connectivity index (χ4v) is 2.55. The molecule has 6 nitrogen and oxygen atoms in total. The van der Waals surface area contributed by atoms with Gasteiger partial charge in [0.1, 0.15) is 12.7 Å². The number of hydrogen-bond donors (Lipinski definition) is 1. The molecule has 1 saturated heterocycles. The number of hydrogen-bond acceptors (Lipinski definition) is 5. The zero-order chi connectivity index (χ0) is 16.6. The van der Waals surface area contributed by atoms with Crippen LogP contribution in [0, 0.1) is 11.8 Å². The fourth-order valence-electron chi connectivity index (χ4n) is 2.55. The molecule has 1 aliphatic heterocycles. The first-order valence-electron chi connectivity index (χ1n) is 8.24. The molecule has 0 saturated carbocycles. The lowest BCUT2D eigenvalue weighted by Gasteiger charge is -2.22. The molecule has 0 spiro atoms. The first-order chi connectivity index (χ1) is 11.8. The zero-order valence-corrected chi connectivity index (χ0v) is 13.6. The van der Waals surface area contributed by atoms with Crippen molar-refractivity contribution in [3.8, 4) is 11.8 Å². The highest BCUT2D eigenvalue weighted by atomic mass is 16.7. The minimum Gasteiger partial charge on any atom is -0.398 e. The van der Waals surface area contributed by atoms with Crippen LogP contribution < -0.4 is 5.73 Å². The number of ether oxygens (including phenoxy) is 2. The van der Waals surface area contributed by atoms with Gasteiger partial charge in [-0.15, -0.1) is 0 Å². The fraction of sp³-hybridized carbons (Fsp3) is 0.444. The molecule has 1 aliphatic rings. The van der Waals surface area contributed by atoms with Crippen LogP contribution in [-0.2, 0) is 16.0 Å². The van der Waals surface area contributed by atoms with Gasteiger partial charge in [-0.2, -0.15) is 5.10 Å². The van der Waals surface area contributed by atoms with Gasteiger partial charge in [0.25, 0.3) is 0 Å². The largest absolute Gasteiger partial charge is 0.398 e. The maximum atomic E-state index is 6.01. The maximum absolute atomic E-state index is 6.01. The molecule has 0 unspecified atom stereocenters. The Labute approximate surface area is 142 Å². The van der Waals surface area contributed by atoms with Gasteiger partial charge < -0.3 is 15.2 Å². The summed E-state index contributed by atoms with van der Waals surface area (Å²) in [5.74, 6) is 6.25. The summed E-state index contributed by atoms with van der Waals surface area (Å²) >= 11 is 0. The van der Waals surface area contributed by atoms with E-state index >= 15 is 0 Å². The molecule has 1 aromatic heterocycles. The normalized spacial score (nSPS) is 17.2. The summed E-state index contributed by atoms with van der Waals surface area (Å²) in [5, 5.41) is 4.10. The SMILES string of the molecule is Nc1ccc(Cn2cncn2)cc1C#CCCO[C@@H]1CCCCO1. The highest BCUT2D eigenvalue weighted by Gasteiger charge is 2.12. The van der Waals surface area contributed by atoms with Crippen LogP contribution in [0.4, 0.5) is 5.69 Å². The molecule has 1 fully saturated rings. The minimum atomic E-state index is -0.0587. The predicted molar refractivity (Wildman–Crippen MR) is 91.0 cm³/mol. The molecule has 2 N–H and O–H groups in total. The summed E-state index contributed by atoms with van der Waals surface area (Å²) in [6.07, 6.45) is 7.09. The lowest BCUT2D eigenvalue weighted by molar-refractivity contribution is -0.161. The third kappa shape index (κ3) is 4.82.